The molecule has 0 aliphatic heterocycles. The number of fused-ring (bicyclic) bond motifs is 3. The first kappa shape index (κ1) is 23.7. The summed E-state index contributed by atoms with van der Waals surface area (Å²) in [7, 11) is 4.71. The van der Waals surface area contributed by atoms with Crippen LogP contribution in [0.1, 0.15) is 34.0 Å². The number of carbonyl (C=O) groups is 1. The van der Waals surface area contributed by atoms with Crippen LogP contribution in [-0.2, 0) is 11.2 Å². The average molecular weight is 479 g/mol. The van der Waals surface area contributed by atoms with Gasteiger partial charge in [-0.2, -0.15) is 0 Å². The third kappa shape index (κ3) is 4.35. The van der Waals surface area contributed by atoms with E-state index in [4.69, 9.17) is 18.9 Å². The van der Waals surface area contributed by atoms with E-state index in [0.29, 0.717) is 46.1 Å². The molecule has 0 spiro atoms. The van der Waals surface area contributed by atoms with Crippen molar-refractivity contribution in [1.29, 1.82) is 0 Å². The maximum atomic E-state index is 13.0. The Labute approximate surface area is 202 Å². The number of ether oxygens (including phenoxy) is 4. The molecule has 0 bridgehead atoms. The van der Waals surface area contributed by atoms with Crippen LogP contribution in [-0.4, -0.2) is 33.6 Å². The molecule has 3 aromatic rings. The molecule has 0 radical (unpaired) electrons. The van der Waals surface area contributed by atoms with Crippen molar-refractivity contribution >= 4 is 17.7 Å². The van der Waals surface area contributed by atoms with Gasteiger partial charge < -0.3 is 18.9 Å². The quantitative estimate of drug-likeness (QED) is 0.351. The fourth-order valence-corrected chi connectivity index (χ4v) is 4.79. The van der Waals surface area contributed by atoms with E-state index in [9.17, 15) is 9.59 Å². The molecule has 1 aliphatic carbocycles. The van der Waals surface area contributed by atoms with Crippen LogP contribution in [0, 0.1) is 0 Å². The van der Waals surface area contributed by atoms with Crippen molar-refractivity contribution in [1.82, 2.24) is 0 Å². The Morgan fingerprint density at radius 1 is 0.941 bits per heavy atom. The summed E-state index contributed by atoms with van der Waals surface area (Å²) in [6.45, 7) is 0. The van der Waals surface area contributed by atoms with Crippen molar-refractivity contribution < 1.29 is 23.7 Å². The maximum Gasteiger partial charge on any atom is 0.338 e. The zero-order valence-electron chi connectivity index (χ0n) is 19.5. The standard InChI is InChI=1S/C27H26O6S/c1-30-22-14-17-10-12-21(33-27(29)16-8-6-5-7-9-16)19-15-20(28)23(34-4)13-11-18(19)24(17)26(32-3)25(22)31-2/h5-9,11,13-15,21H,10,12H2,1-4H3. The van der Waals surface area contributed by atoms with Crippen LogP contribution < -0.4 is 19.6 Å². The molecule has 34 heavy (non-hydrogen) atoms. The summed E-state index contributed by atoms with van der Waals surface area (Å²) in [4.78, 5) is 26.5. The minimum absolute atomic E-state index is 0.127. The second kappa shape index (κ2) is 10.2. The number of hydrogen-bond acceptors (Lipinski definition) is 7. The SMILES string of the molecule is COc1cc2c(c(OC)c1OC)-c1ccc(SC)c(=O)cc1C(OC(=O)c1ccccc1)CC2. The Morgan fingerprint density at radius 2 is 1.68 bits per heavy atom. The molecule has 1 atom stereocenters. The van der Waals surface area contributed by atoms with Gasteiger partial charge in [-0.15, -0.1) is 11.8 Å². The van der Waals surface area contributed by atoms with Crippen LogP contribution in [0.4, 0.5) is 0 Å². The average Bonchev–Trinajstić information content (AvgIpc) is 3.11. The fraction of sp³-hybridized carbons (Fsp3) is 0.259. The van der Waals surface area contributed by atoms with Gasteiger partial charge in [-0.05, 0) is 60.6 Å². The minimum Gasteiger partial charge on any atom is -0.493 e. The molecule has 7 heteroatoms. The lowest BCUT2D eigenvalue weighted by atomic mass is 9.96. The van der Waals surface area contributed by atoms with Gasteiger partial charge in [0.2, 0.25) is 5.75 Å². The highest BCUT2D eigenvalue weighted by atomic mass is 32.2. The molecule has 0 N–H and O–H groups in total. The highest BCUT2D eigenvalue weighted by molar-refractivity contribution is 7.98. The van der Waals surface area contributed by atoms with Crippen molar-refractivity contribution in [3.63, 3.8) is 0 Å². The Balaban J connectivity index is 1.95. The molecule has 0 heterocycles. The summed E-state index contributed by atoms with van der Waals surface area (Å²) in [5.74, 6) is 1.09. The predicted molar refractivity (Wildman–Crippen MR) is 133 cm³/mol. The minimum atomic E-state index is -0.619. The van der Waals surface area contributed by atoms with E-state index in [2.05, 4.69) is 0 Å². The normalized spacial score (nSPS) is 14.3. The lowest BCUT2D eigenvalue weighted by Crippen LogP contribution is -2.13. The number of methoxy groups -OCH3 is 3. The van der Waals surface area contributed by atoms with Gasteiger partial charge in [-0.25, -0.2) is 4.79 Å². The van der Waals surface area contributed by atoms with E-state index in [1.807, 2.05) is 24.5 Å². The zero-order chi connectivity index (χ0) is 24.2. The first-order chi connectivity index (χ1) is 16.5. The molecule has 6 nitrogen and oxygen atoms in total. The lowest BCUT2D eigenvalue weighted by molar-refractivity contribution is 0.0280. The van der Waals surface area contributed by atoms with Gasteiger partial charge in [0.05, 0.1) is 31.8 Å². The summed E-state index contributed by atoms with van der Waals surface area (Å²) >= 11 is 1.37. The third-order valence-electron chi connectivity index (χ3n) is 5.92. The van der Waals surface area contributed by atoms with E-state index >= 15 is 0 Å². The zero-order valence-corrected chi connectivity index (χ0v) is 20.4. The van der Waals surface area contributed by atoms with E-state index in [1.54, 1.807) is 57.7 Å². The van der Waals surface area contributed by atoms with Gasteiger partial charge >= 0.3 is 5.97 Å². The Hall–Kier alpha value is -3.45. The maximum absolute atomic E-state index is 13.0. The molecule has 0 saturated heterocycles. The second-order valence-electron chi connectivity index (χ2n) is 7.76. The molecule has 0 aromatic heterocycles. The molecule has 1 aliphatic rings. The number of hydrogen-bond donors (Lipinski definition) is 0. The van der Waals surface area contributed by atoms with Gasteiger partial charge in [-0.3, -0.25) is 4.79 Å². The van der Waals surface area contributed by atoms with E-state index in [0.717, 1.165) is 16.7 Å². The smallest absolute Gasteiger partial charge is 0.338 e. The summed E-state index contributed by atoms with van der Waals surface area (Å²) in [6, 6.07) is 16.0. The van der Waals surface area contributed by atoms with E-state index in [-0.39, 0.29) is 5.43 Å². The van der Waals surface area contributed by atoms with E-state index < -0.39 is 12.1 Å². The van der Waals surface area contributed by atoms with Crippen molar-refractivity contribution in [2.45, 2.75) is 23.8 Å². The second-order valence-corrected chi connectivity index (χ2v) is 8.61. The molecule has 3 aromatic carbocycles. The summed E-state index contributed by atoms with van der Waals surface area (Å²) in [6.07, 6.45) is 2.32. The van der Waals surface area contributed by atoms with Gasteiger partial charge in [0, 0.05) is 11.1 Å². The highest BCUT2D eigenvalue weighted by Crippen LogP contribution is 2.50. The molecular formula is C27H26O6S. The van der Waals surface area contributed by atoms with Crippen molar-refractivity contribution in [2.24, 2.45) is 0 Å². The highest BCUT2D eigenvalue weighted by Gasteiger charge is 2.31. The van der Waals surface area contributed by atoms with Crippen LogP contribution >= 0.6 is 11.8 Å². The number of aryl methyl sites for hydroxylation is 1. The first-order valence-corrected chi connectivity index (χ1v) is 12.0. The third-order valence-corrected chi connectivity index (χ3v) is 6.70. The monoisotopic (exact) mass is 478 g/mol. The van der Waals surface area contributed by atoms with Gasteiger partial charge in [-0.1, -0.05) is 24.3 Å². The Morgan fingerprint density at radius 3 is 2.32 bits per heavy atom. The fourth-order valence-electron chi connectivity index (χ4n) is 4.33. The molecular weight excluding hydrogens is 452 g/mol. The van der Waals surface area contributed by atoms with Crippen molar-refractivity contribution in [3.05, 3.63) is 81.5 Å². The lowest BCUT2D eigenvalue weighted by Gasteiger charge is -2.19. The predicted octanol–water partition coefficient (Wildman–Crippen LogP) is 5.31. The Bertz CT molecular complexity index is 1270. The number of esters is 1. The summed E-state index contributed by atoms with van der Waals surface area (Å²) in [5.41, 5.74) is 3.48. The molecule has 4 rings (SSSR count). The number of rotatable bonds is 6. The molecule has 0 amide bonds. The van der Waals surface area contributed by atoms with Crippen LogP contribution in [0.25, 0.3) is 11.1 Å². The summed E-state index contributed by atoms with van der Waals surface area (Å²) < 4.78 is 23.0. The topological polar surface area (TPSA) is 71.1 Å². The van der Waals surface area contributed by atoms with Crippen LogP contribution in [0.3, 0.4) is 0 Å². The molecule has 0 fully saturated rings. The Kier molecular flexibility index (Phi) is 7.12. The van der Waals surface area contributed by atoms with E-state index in [1.165, 1.54) is 11.8 Å². The molecule has 1 unspecified atom stereocenters. The summed E-state index contributed by atoms with van der Waals surface area (Å²) in [5, 5.41) is 0. The largest absolute Gasteiger partial charge is 0.493 e. The number of thioether (sulfide) groups is 1. The van der Waals surface area contributed by atoms with Gasteiger partial charge in [0.25, 0.3) is 0 Å². The number of benzene rings is 2. The number of carbonyl (C=O) groups excluding carboxylic acids is 1. The molecule has 0 saturated carbocycles. The van der Waals surface area contributed by atoms with Crippen molar-refractivity contribution in [2.75, 3.05) is 27.6 Å². The van der Waals surface area contributed by atoms with Crippen LogP contribution in [0.15, 0.2) is 64.3 Å². The molecule has 176 valence electrons. The van der Waals surface area contributed by atoms with Gasteiger partial charge in [0.15, 0.2) is 16.9 Å². The van der Waals surface area contributed by atoms with Crippen LogP contribution in [0.2, 0.25) is 0 Å². The van der Waals surface area contributed by atoms with Gasteiger partial charge in [0.1, 0.15) is 6.10 Å². The van der Waals surface area contributed by atoms with Crippen LogP contribution in [0.5, 0.6) is 17.2 Å². The first-order valence-electron chi connectivity index (χ1n) is 10.8. The van der Waals surface area contributed by atoms with Crippen molar-refractivity contribution in [3.8, 4) is 28.4 Å².